The van der Waals surface area contributed by atoms with Crippen LogP contribution in [-0.2, 0) is 6.54 Å². The molecule has 0 aliphatic carbocycles. The first kappa shape index (κ1) is 21.1. The quantitative estimate of drug-likeness (QED) is 0.451. The Labute approximate surface area is 194 Å². The molecule has 1 atom stereocenters. The van der Waals surface area contributed by atoms with E-state index in [2.05, 4.69) is 0 Å². The van der Waals surface area contributed by atoms with Crippen molar-refractivity contribution in [1.29, 1.82) is 0 Å². The molecule has 2 heterocycles. The molecule has 6 nitrogen and oxygen atoms in total. The van der Waals surface area contributed by atoms with Gasteiger partial charge in [0.1, 0.15) is 17.1 Å². The van der Waals surface area contributed by atoms with Gasteiger partial charge in [0.2, 0.25) is 5.76 Å². The Morgan fingerprint density at radius 1 is 1.09 bits per heavy atom. The standard InChI is InChI=1S/C26H20ClNO5/c1-14-10-21-19(12-20(14)27)24(30)22-23(16-4-3-5-17(29)11-16)28(26(31)25(22)33-21)13-15-6-8-18(32-2)9-7-15/h3-12,23,29H,13H2,1-2H3/t23-/m1/s1. The predicted molar refractivity (Wildman–Crippen MR) is 125 cm³/mol. The van der Waals surface area contributed by atoms with Gasteiger partial charge in [-0.15, -0.1) is 0 Å². The second kappa shape index (κ2) is 7.98. The number of carbonyl (C=O) groups excluding carboxylic acids is 1. The lowest BCUT2D eigenvalue weighted by molar-refractivity contribution is 0.0714. The number of rotatable bonds is 4. The van der Waals surface area contributed by atoms with Crippen molar-refractivity contribution in [3.05, 3.63) is 104 Å². The van der Waals surface area contributed by atoms with Crippen molar-refractivity contribution in [1.82, 2.24) is 4.90 Å². The summed E-state index contributed by atoms with van der Waals surface area (Å²) in [5.41, 5.74) is 2.46. The van der Waals surface area contributed by atoms with Crippen molar-refractivity contribution in [2.45, 2.75) is 19.5 Å². The number of halogens is 1. The highest BCUT2D eigenvalue weighted by Crippen LogP contribution is 2.40. The van der Waals surface area contributed by atoms with E-state index in [1.807, 2.05) is 31.2 Å². The van der Waals surface area contributed by atoms with E-state index in [1.165, 1.54) is 0 Å². The highest BCUT2D eigenvalue weighted by atomic mass is 35.5. The van der Waals surface area contributed by atoms with Crippen LogP contribution in [-0.4, -0.2) is 23.0 Å². The maximum Gasteiger partial charge on any atom is 0.291 e. The third-order valence-electron chi connectivity index (χ3n) is 5.94. The number of amides is 1. The summed E-state index contributed by atoms with van der Waals surface area (Å²) in [6, 6.07) is 16.4. The van der Waals surface area contributed by atoms with Gasteiger partial charge < -0.3 is 19.2 Å². The fraction of sp³-hybridized carbons (Fsp3) is 0.154. The Bertz CT molecular complexity index is 1460. The van der Waals surface area contributed by atoms with Gasteiger partial charge in [-0.1, -0.05) is 35.9 Å². The zero-order chi connectivity index (χ0) is 23.3. The predicted octanol–water partition coefficient (Wildman–Crippen LogP) is 5.21. The van der Waals surface area contributed by atoms with Crippen LogP contribution in [0.1, 0.15) is 38.9 Å². The van der Waals surface area contributed by atoms with Crippen LogP contribution >= 0.6 is 11.6 Å². The molecular formula is C26H20ClNO5. The van der Waals surface area contributed by atoms with Crippen molar-refractivity contribution >= 4 is 28.5 Å². The topological polar surface area (TPSA) is 80.0 Å². The Kier molecular flexibility index (Phi) is 5.10. The Morgan fingerprint density at radius 2 is 1.85 bits per heavy atom. The van der Waals surface area contributed by atoms with Crippen LogP contribution in [0.25, 0.3) is 11.0 Å². The maximum absolute atomic E-state index is 13.6. The van der Waals surface area contributed by atoms with Gasteiger partial charge in [0.25, 0.3) is 5.91 Å². The van der Waals surface area contributed by atoms with Gasteiger partial charge in [-0.3, -0.25) is 9.59 Å². The van der Waals surface area contributed by atoms with Crippen molar-refractivity contribution in [2.24, 2.45) is 0 Å². The molecular weight excluding hydrogens is 442 g/mol. The monoisotopic (exact) mass is 461 g/mol. The number of aryl methyl sites for hydroxylation is 1. The second-order valence-electron chi connectivity index (χ2n) is 8.05. The Hall–Kier alpha value is -3.77. The van der Waals surface area contributed by atoms with E-state index in [1.54, 1.807) is 48.4 Å². The molecule has 33 heavy (non-hydrogen) atoms. The van der Waals surface area contributed by atoms with Crippen LogP contribution in [0, 0.1) is 6.92 Å². The number of phenols is 1. The number of ether oxygens (including phenoxy) is 1. The highest BCUT2D eigenvalue weighted by Gasteiger charge is 2.42. The highest BCUT2D eigenvalue weighted by molar-refractivity contribution is 6.32. The molecule has 5 rings (SSSR count). The first-order valence-electron chi connectivity index (χ1n) is 10.4. The Morgan fingerprint density at radius 3 is 2.55 bits per heavy atom. The molecule has 4 aromatic rings. The third-order valence-corrected chi connectivity index (χ3v) is 6.35. The van der Waals surface area contributed by atoms with Crippen molar-refractivity contribution < 1.29 is 19.1 Å². The molecule has 166 valence electrons. The lowest BCUT2D eigenvalue weighted by atomic mass is 9.98. The van der Waals surface area contributed by atoms with E-state index < -0.39 is 6.04 Å². The van der Waals surface area contributed by atoms with Gasteiger partial charge >= 0.3 is 0 Å². The average Bonchev–Trinajstić information content (AvgIpc) is 3.08. The zero-order valence-corrected chi connectivity index (χ0v) is 18.7. The lowest BCUT2D eigenvalue weighted by Gasteiger charge is -2.25. The van der Waals surface area contributed by atoms with Crippen molar-refractivity contribution in [3.8, 4) is 11.5 Å². The van der Waals surface area contributed by atoms with Gasteiger partial charge in [-0.25, -0.2) is 0 Å². The van der Waals surface area contributed by atoms with Gasteiger partial charge in [-0.2, -0.15) is 0 Å². The SMILES string of the molecule is COc1ccc(CN2C(=O)c3oc4cc(C)c(Cl)cc4c(=O)c3[C@H]2c2cccc(O)c2)cc1. The minimum absolute atomic E-state index is 0.0103. The molecule has 0 saturated carbocycles. The molecule has 1 N–H and O–H groups in total. The van der Waals surface area contributed by atoms with Crippen molar-refractivity contribution in [3.63, 3.8) is 0 Å². The summed E-state index contributed by atoms with van der Waals surface area (Å²) in [6.45, 7) is 2.05. The van der Waals surface area contributed by atoms with E-state index in [4.69, 9.17) is 20.8 Å². The molecule has 0 spiro atoms. The second-order valence-corrected chi connectivity index (χ2v) is 8.46. The number of fused-ring (bicyclic) bond motifs is 2. The normalized spacial score (nSPS) is 15.2. The summed E-state index contributed by atoms with van der Waals surface area (Å²) >= 11 is 6.27. The van der Waals surface area contributed by atoms with Gasteiger partial charge in [0.05, 0.1) is 24.1 Å². The van der Waals surface area contributed by atoms with Crippen LogP contribution in [0.3, 0.4) is 0 Å². The number of carbonyl (C=O) groups is 1. The van der Waals surface area contributed by atoms with E-state index in [-0.39, 0.29) is 35.0 Å². The van der Waals surface area contributed by atoms with Crippen LogP contribution in [0.5, 0.6) is 11.5 Å². The molecule has 0 saturated heterocycles. The van der Waals surface area contributed by atoms with E-state index in [9.17, 15) is 14.7 Å². The smallest absolute Gasteiger partial charge is 0.291 e. The summed E-state index contributed by atoms with van der Waals surface area (Å²) in [7, 11) is 1.59. The van der Waals surface area contributed by atoms with E-state index in [0.29, 0.717) is 27.3 Å². The maximum atomic E-state index is 13.6. The summed E-state index contributed by atoms with van der Waals surface area (Å²) in [6.07, 6.45) is 0. The molecule has 1 aromatic heterocycles. The number of nitrogens with zero attached hydrogens (tertiary/aromatic N) is 1. The average molecular weight is 462 g/mol. The van der Waals surface area contributed by atoms with E-state index >= 15 is 0 Å². The molecule has 1 aliphatic heterocycles. The van der Waals surface area contributed by atoms with Gasteiger partial charge in [-0.05, 0) is 60.0 Å². The fourth-order valence-electron chi connectivity index (χ4n) is 4.27. The molecule has 7 heteroatoms. The van der Waals surface area contributed by atoms with Gasteiger partial charge in [0.15, 0.2) is 5.43 Å². The molecule has 0 radical (unpaired) electrons. The first-order valence-corrected chi connectivity index (χ1v) is 10.7. The molecule has 0 bridgehead atoms. The molecule has 1 amide bonds. The zero-order valence-electron chi connectivity index (χ0n) is 18.0. The van der Waals surface area contributed by atoms with Crippen LogP contribution in [0.4, 0.5) is 0 Å². The Balaban J connectivity index is 1.71. The molecule has 3 aromatic carbocycles. The number of aromatic hydroxyl groups is 1. The summed E-state index contributed by atoms with van der Waals surface area (Å²) in [5.74, 6) is 0.369. The van der Waals surface area contributed by atoms with Crippen molar-refractivity contribution in [2.75, 3.05) is 7.11 Å². The fourth-order valence-corrected chi connectivity index (χ4v) is 4.44. The number of methoxy groups -OCH3 is 1. The van der Waals surface area contributed by atoms with E-state index in [0.717, 1.165) is 11.1 Å². The van der Waals surface area contributed by atoms with Crippen LogP contribution in [0.2, 0.25) is 5.02 Å². The van der Waals surface area contributed by atoms with Crippen LogP contribution < -0.4 is 10.2 Å². The summed E-state index contributed by atoms with van der Waals surface area (Å²) < 4.78 is 11.2. The molecule has 0 unspecified atom stereocenters. The largest absolute Gasteiger partial charge is 0.508 e. The molecule has 1 aliphatic rings. The van der Waals surface area contributed by atoms with Gasteiger partial charge in [0, 0.05) is 11.6 Å². The number of hydrogen-bond donors (Lipinski definition) is 1. The third kappa shape index (κ3) is 3.52. The minimum Gasteiger partial charge on any atom is -0.508 e. The number of hydrogen-bond acceptors (Lipinski definition) is 5. The molecule has 0 fully saturated rings. The summed E-state index contributed by atoms with van der Waals surface area (Å²) in [5, 5.41) is 10.9. The number of phenolic OH excluding ortho intramolecular Hbond substituents is 1. The minimum atomic E-state index is -0.720. The summed E-state index contributed by atoms with van der Waals surface area (Å²) in [4.78, 5) is 28.7. The first-order chi connectivity index (χ1) is 15.9. The lowest BCUT2D eigenvalue weighted by Crippen LogP contribution is -2.29. The van der Waals surface area contributed by atoms with Crippen LogP contribution in [0.15, 0.2) is 69.9 Å². The number of benzene rings is 3.